The Morgan fingerprint density at radius 2 is 1.27 bits per heavy atom. The van der Waals surface area contributed by atoms with E-state index in [-0.39, 0.29) is 16.9 Å². The third-order valence-corrected chi connectivity index (χ3v) is 12.4. The second-order valence-corrected chi connectivity index (χ2v) is 15.5. The molecule has 2 nitrogen and oxygen atoms in total. The average molecular weight is 667 g/mol. The molecule has 0 saturated carbocycles. The lowest BCUT2D eigenvalue weighted by Crippen LogP contribution is -2.31. The van der Waals surface area contributed by atoms with Crippen molar-refractivity contribution in [1.29, 1.82) is 0 Å². The van der Waals surface area contributed by atoms with Crippen LogP contribution in [0.4, 0.5) is 0 Å². The van der Waals surface area contributed by atoms with Crippen molar-refractivity contribution in [3.63, 3.8) is 0 Å². The predicted octanol–water partition coefficient (Wildman–Crippen LogP) is 13.0. The predicted molar refractivity (Wildman–Crippen MR) is 219 cm³/mol. The van der Waals surface area contributed by atoms with Crippen LogP contribution < -0.4 is 0 Å². The van der Waals surface area contributed by atoms with Gasteiger partial charge in [0.1, 0.15) is 0 Å². The number of benzene rings is 6. The van der Waals surface area contributed by atoms with Crippen LogP contribution in [0.5, 0.6) is 0 Å². The fraction of sp³-hybridized carbons (Fsp3) is 0.120. The number of hydrogen-bond donors (Lipinski definition) is 0. The van der Waals surface area contributed by atoms with Gasteiger partial charge in [-0.25, -0.2) is 0 Å². The highest BCUT2D eigenvalue weighted by atomic mass is 15.0. The van der Waals surface area contributed by atoms with Gasteiger partial charge in [0.2, 0.25) is 0 Å². The van der Waals surface area contributed by atoms with Crippen molar-refractivity contribution in [3.8, 4) is 27.9 Å². The topological polar surface area (TPSA) is 9.86 Å². The Kier molecular flexibility index (Phi) is 5.95. The maximum absolute atomic E-state index is 2.57. The molecule has 0 amide bonds. The Bertz CT molecular complexity index is 2940. The molecule has 6 aromatic carbocycles. The Hall–Kier alpha value is -6.12. The first kappa shape index (κ1) is 29.6. The van der Waals surface area contributed by atoms with Gasteiger partial charge in [0.15, 0.2) is 0 Å². The average Bonchev–Trinajstić information content (AvgIpc) is 3.77. The van der Waals surface area contributed by atoms with Gasteiger partial charge in [-0.05, 0) is 94.4 Å². The molecule has 0 aliphatic heterocycles. The number of fused-ring (bicyclic) bond motifs is 11. The summed E-state index contributed by atoms with van der Waals surface area (Å²) in [7, 11) is 0. The van der Waals surface area contributed by atoms with Gasteiger partial charge in [-0.2, -0.15) is 0 Å². The fourth-order valence-electron chi connectivity index (χ4n) is 9.83. The van der Waals surface area contributed by atoms with Crippen LogP contribution in [-0.4, -0.2) is 9.13 Å². The monoisotopic (exact) mass is 666 g/mol. The van der Waals surface area contributed by atoms with Gasteiger partial charge in [-0.3, -0.25) is 0 Å². The summed E-state index contributed by atoms with van der Waals surface area (Å²) in [5.41, 5.74) is 15.4. The molecular weight excluding hydrogens is 629 g/mol. The van der Waals surface area contributed by atoms with Crippen molar-refractivity contribution in [2.45, 2.75) is 32.2 Å². The van der Waals surface area contributed by atoms with Crippen LogP contribution in [0, 0.1) is 5.41 Å². The molecular formula is C50H38N2. The molecule has 3 aliphatic carbocycles. The van der Waals surface area contributed by atoms with Gasteiger partial charge in [0, 0.05) is 49.1 Å². The summed E-state index contributed by atoms with van der Waals surface area (Å²) in [6.45, 7) is 7.12. The minimum absolute atomic E-state index is 0.0665. The van der Waals surface area contributed by atoms with E-state index < -0.39 is 0 Å². The van der Waals surface area contributed by atoms with Crippen molar-refractivity contribution in [1.82, 2.24) is 9.13 Å². The molecule has 0 bridgehead atoms. The van der Waals surface area contributed by atoms with Crippen LogP contribution in [0.25, 0.3) is 71.6 Å². The molecule has 0 saturated heterocycles. The van der Waals surface area contributed by atoms with Crippen LogP contribution in [-0.2, 0) is 5.41 Å². The van der Waals surface area contributed by atoms with Crippen LogP contribution in [0.15, 0.2) is 175 Å². The summed E-state index contributed by atoms with van der Waals surface area (Å²) in [6, 6.07) is 47.9. The molecule has 248 valence electrons. The second-order valence-electron chi connectivity index (χ2n) is 15.5. The number of allylic oxidation sites excluding steroid dienone is 8. The standard InChI is InChI=1S/C50H38N2/c1-49(2)40-20-9-7-19-37(40)47-41(49)25-28-45-48(47)39-31-33(24-27-44(39)51(45)35-16-5-4-6-17-35)32-23-26-43-38(30-32)36-18-8-10-21-42(36)52(43)46-22-13-15-34-14-11-12-29-50(34,46)3/h4-31,46H,1-3H3. The fourth-order valence-corrected chi connectivity index (χ4v) is 9.83. The molecule has 2 heteroatoms. The highest BCUT2D eigenvalue weighted by molar-refractivity contribution is 6.19. The molecule has 0 fully saturated rings. The first-order chi connectivity index (χ1) is 25.4. The van der Waals surface area contributed by atoms with E-state index in [4.69, 9.17) is 0 Å². The number of aromatic nitrogens is 2. The van der Waals surface area contributed by atoms with E-state index in [0.717, 1.165) is 0 Å². The Labute approximate surface area is 304 Å². The van der Waals surface area contributed by atoms with E-state index in [2.05, 4.69) is 200 Å². The van der Waals surface area contributed by atoms with Gasteiger partial charge in [0.05, 0.1) is 17.1 Å². The number of para-hydroxylation sites is 2. The molecule has 2 aromatic heterocycles. The summed E-state index contributed by atoms with van der Waals surface area (Å²) in [5.74, 6) is 0. The molecule has 11 rings (SSSR count). The van der Waals surface area contributed by atoms with Gasteiger partial charge >= 0.3 is 0 Å². The summed E-state index contributed by atoms with van der Waals surface area (Å²) in [5, 5.41) is 5.21. The van der Waals surface area contributed by atoms with E-state index in [1.54, 1.807) is 0 Å². The zero-order valence-electron chi connectivity index (χ0n) is 29.6. The number of hydrogen-bond acceptors (Lipinski definition) is 0. The number of rotatable bonds is 3. The lowest BCUT2D eigenvalue weighted by molar-refractivity contribution is 0.378. The van der Waals surface area contributed by atoms with Crippen LogP contribution in [0.3, 0.4) is 0 Å². The van der Waals surface area contributed by atoms with Crippen LogP contribution >= 0.6 is 0 Å². The maximum atomic E-state index is 2.57. The van der Waals surface area contributed by atoms with E-state index >= 15 is 0 Å². The first-order valence-corrected chi connectivity index (χ1v) is 18.5. The SMILES string of the molecule is CC1(C)c2ccccc2-c2c1ccc1c2c2cc(-c3ccc4c(c3)c3ccccc3n4C3C=CC=C4C=CC=CC43C)ccc2n1-c1ccccc1. The smallest absolute Gasteiger partial charge is 0.0654 e. The molecule has 2 atom stereocenters. The molecule has 3 aliphatic rings. The zero-order valence-corrected chi connectivity index (χ0v) is 29.6. The van der Waals surface area contributed by atoms with E-state index in [9.17, 15) is 0 Å². The van der Waals surface area contributed by atoms with Crippen molar-refractivity contribution < 1.29 is 0 Å². The molecule has 52 heavy (non-hydrogen) atoms. The third-order valence-electron chi connectivity index (χ3n) is 12.4. The Balaban J connectivity index is 1.16. The molecule has 0 radical (unpaired) electrons. The first-order valence-electron chi connectivity index (χ1n) is 18.5. The molecule has 2 heterocycles. The lowest BCUT2D eigenvalue weighted by atomic mass is 9.70. The summed E-state index contributed by atoms with van der Waals surface area (Å²) in [4.78, 5) is 0. The Morgan fingerprint density at radius 1 is 0.558 bits per heavy atom. The number of nitrogens with zero attached hydrogens (tertiary/aromatic N) is 2. The second kappa shape index (κ2) is 10.5. The maximum Gasteiger partial charge on any atom is 0.0654 e. The summed E-state index contributed by atoms with van der Waals surface area (Å²) < 4.78 is 5.02. The lowest BCUT2D eigenvalue weighted by Gasteiger charge is -2.39. The van der Waals surface area contributed by atoms with E-state index in [1.165, 1.54) is 88.3 Å². The van der Waals surface area contributed by atoms with Gasteiger partial charge < -0.3 is 9.13 Å². The van der Waals surface area contributed by atoms with Crippen molar-refractivity contribution in [2.75, 3.05) is 0 Å². The molecule has 0 spiro atoms. The summed E-state index contributed by atoms with van der Waals surface area (Å²) >= 11 is 0. The third kappa shape index (κ3) is 3.84. The quantitative estimate of drug-likeness (QED) is 0.178. The zero-order chi connectivity index (χ0) is 34.8. The normalized spacial score (nSPS) is 19.8. The van der Waals surface area contributed by atoms with Crippen molar-refractivity contribution >= 4 is 43.6 Å². The molecule has 8 aromatic rings. The highest BCUT2D eigenvalue weighted by Crippen LogP contribution is 2.54. The van der Waals surface area contributed by atoms with Crippen LogP contribution in [0.2, 0.25) is 0 Å². The largest absolute Gasteiger partial charge is 0.332 e. The van der Waals surface area contributed by atoms with Gasteiger partial charge in [-0.1, -0.05) is 135 Å². The minimum atomic E-state index is -0.123. The van der Waals surface area contributed by atoms with E-state index in [1.807, 2.05) is 0 Å². The van der Waals surface area contributed by atoms with Crippen molar-refractivity contribution in [3.05, 3.63) is 187 Å². The summed E-state index contributed by atoms with van der Waals surface area (Å²) in [6.07, 6.45) is 15.9. The highest BCUT2D eigenvalue weighted by Gasteiger charge is 2.39. The van der Waals surface area contributed by atoms with Gasteiger partial charge in [-0.15, -0.1) is 0 Å². The Morgan fingerprint density at radius 3 is 2.13 bits per heavy atom. The van der Waals surface area contributed by atoms with Crippen LogP contribution in [0.1, 0.15) is 37.9 Å². The minimum Gasteiger partial charge on any atom is -0.332 e. The van der Waals surface area contributed by atoms with Crippen molar-refractivity contribution in [2.24, 2.45) is 5.41 Å². The molecule has 2 unspecified atom stereocenters. The van der Waals surface area contributed by atoms with E-state index in [0.29, 0.717) is 0 Å². The molecule has 0 N–H and O–H groups in total. The van der Waals surface area contributed by atoms with Gasteiger partial charge in [0.25, 0.3) is 0 Å².